The number of nitrogens with zero attached hydrogens (tertiary/aromatic N) is 3. The van der Waals surface area contributed by atoms with Crippen molar-refractivity contribution in [3.63, 3.8) is 0 Å². The molecule has 0 radical (unpaired) electrons. The molecule has 24 heavy (non-hydrogen) atoms. The summed E-state index contributed by atoms with van der Waals surface area (Å²) >= 11 is 0. The number of hydrogen-bond acceptors (Lipinski definition) is 3. The van der Waals surface area contributed by atoms with Gasteiger partial charge in [-0.3, -0.25) is 4.99 Å². The summed E-state index contributed by atoms with van der Waals surface area (Å²) < 4.78 is 0. The lowest BCUT2D eigenvalue weighted by Gasteiger charge is -2.22. The summed E-state index contributed by atoms with van der Waals surface area (Å²) in [5.74, 6) is 1.86. The summed E-state index contributed by atoms with van der Waals surface area (Å²) in [5.41, 5.74) is 1.28. The second-order valence-electron chi connectivity index (χ2n) is 5.66. The van der Waals surface area contributed by atoms with Gasteiger partial charge in [-0.2, -0.15) is 0 Å². The van der Waals surface area contributed by atoms with Gasteiger partial charge in [-0.05, 0) is 30.5 Å². The van der Waals surface area contributed by atoms with Gasteiger partial charge in [0.1, 0.15) is 5.82 Å². The van der Waals surface area contributed by atoms with Crippen LogP contribution >= 0.6 is 0 Å². The third-order valence-corrected chi connectivity index (χ3v) is 3.69. The van der Waals surface area contributed by atoms with Crippen molar-refractivity contribution in [2.75, 3.05) is 32.5 Å². The fraction of sp³-hybridized carbons (Fsp3) is 0.368. The maximum Gasteiger partial charge on any atom is 0.193 e. The first-order valence-electron chi connectivity index (χ1n) is 8.40. The van der Waals surface area contributed by atoms with E-state index in [1.165, 1.54) is 5.56 Å². The predicted octanol–water partition coefficient (Wildman–Crippen LogP) is 2.98. The molecule has 0 saturated carbocycles. The average molecular weight is 325 g/mol. The van der Waals surface area contributed by atoms with Crippen molar-refractivity contribution in [2.24, 2.45) is 4.99 Å². The molecule has 0 aliphatic rings. The van der Waals surface area contributed by atoms with Gasteiger partial charge in [0.15, 0.2) is 5.96 Å². The van der Waals surface area contributed by atoms with Crippen LogP contribution in [0.15, 0.2) is 59.7 Å². The van der Waals surface area contributed by atoms with Crippen molar-refractivity contribution in [1.29, 1.82) is 0 Å². The van der Waals surface area contributed by atoms with Crippen LogP contribution in [0.5, 0.6) is 0 Å². The Hall–Kier alpha value is -2.56. The number of anilines is 1. The van der Waals surface area contributed by atoms with Crippen molar-refractivity contribution in [1.82, 2.24) is 15.2 Å². The van der Waals surface area contributed by atoms with Gasteiger partial charge < -0.3 is 15.5 Å². The minimum Gasteiger partial charge on any atom is -0.370 e. The number of aromatic nitrogens is 1. The van der Waals surface area contributed by atoms with E-state index < -0.39 is 0 Å². The Balaban J connectivity index is 1.63. The van der Waals surface area contributed by atoms with Gasteiger partial charge >= 0.3 is 0 Å². The van der Waals surface area contributed by atoms with Crippen LogP contribution in [0, 0.1) is 0 Å². The lowest BCUT2D eigenvalue weighted by molar-refractivity contribution is 0.475. The van der Waals surface area contributed by atoms with E-state index in [0.717, 1.165) is 44.3 Å². The molecular weight excluding hydrogens is 298 g/mol. The summed E-state index contributed by atoms with van der Waals surface area (Å²) in [4.78, 5) is 10.7. The lowest BCUT2D eigenvalue weighted by atomic mass is 10.2. The molecule has 0 unspecified atom stereocenters. The van der Waals surface area contributed by atoms with E-state index in [0.29, 0.717) is 0 Å². The molecule has 5 nitrogen and oxygen atoms in total. The molecule has 2 N–H and O–H groups in total. The number of hydrogen-bond donors (Lipinski definition) is 2. The molecule has 1 heterocycles. The fourth-order valence-corrected chi connectivity index (χ4v) is 2.45. The molecular formula is C19H27N5. The van der Waals surface area contributed by atoms with Gasteiger partial charge in [0, 0.05) is 39.9 Å². The fourth-order valence-electron chi connectivity index (χ4n) is 2.45. The zero-order valence-electron chi connectivity index (χ0n) is 14.6. The number of rotatable bonds is 8. The minimum atomic E-state index is 0.849. The lowest BCUT2D eigenvalue weighted by Crippen LogP contribution is -2.38. The average Bonchev–Trinajstić information content (AvgIpc) is 2.63. The standard InChI is InChI=1S/C19H27N5/c1-20-19(24(2)16-17-10-4-3-5-11-17)23-15-9-8-14-22-18-12-6-7-13-21-18/h3-7,10-13H,8-9,14-16H2,1-2H3,(H,20,23)(H,21,22). The molecule has 0 spiro atoms. The highest BCUT2D eigenvalue weighted by molar-refractivity contribution is 5.79. The Morgan fingerprint density at radius 1 is 1.04 bits per heavy atom. The number of aliphatic imine (C=N–C) groups is 1. The molecule has 0 saturated heterocycles. The van der Waals surface area contributed by atoms with E-state index in [9.17, 15) is 0 Å². The topological polar surface area (TPSA) is 52.6 Å². The monoisotopic (exact) mass is 325 g/mol. The Morgan fingerprint density at radius 2 is 1.79 bits per heavy atom. The van der Waals surface area contributed by atoms with E-state index in [4.69, 9.17) is 0 Å². The number of benzene rings is 1. The van der Waals surface area contributed by atoms with E-state index in [-0.39, 0.29) is 0 Å². The highest BCUT2D eigenvalue weighted by Crippen LogP contribution is 2.03. The Bertz CT molecular complexity index is 598. The third-order valence-electron chi connectivity index (χ3n) is 3.69. The molecule has 128 valence electrons. The second-order valence-corrected chi connectivity index (χ2v) is 5.66. The number of unbranched alkanes of at least 4 members (excludes halogenated alkanes) is 1. The maximum absolute atomic E-state index is 4.36. The van der Waals surface area contributed by atoms with Crippen LogP contribution in [0.25, 0.3) is 0 Å². The Kier molecular flexibility index (Phi) is 7.60. The smallest absolute Gasteiger partial charge is 0.193 e. The van der Waals surface area contributed by atoms with Gasteiger partial charge in [-0.1, -0.05) is 36.4 Å². The summed E-state index contributed by atoms with van der Waals surface area (Å²) in [6, 6.07) is 16.3. The molecule has 0 atom stereocenters. The summed E-state index contributed by atoms with van der Waals surface area (Å²) in [5, 5.41) is 6.74. The first kappa shape index (κ1) is 17.8. The van der Waals surface area contributed by atoms with Crippen molar-refractivity contribution >= 4 is 11.8 Å². The third kappa shape index (κ3) is 6.28. The molecule has 0 fully saturated rings. The first-order chi connectivity index (χ1) is 11.8. The van der Waals surface area contributed by atoms with Crippen molar-refractivity contribution in [3.8, 4) is 0 Å². The molecule has 1 aromatic carbocycles. The molecule has 0 bridgehead atoms. The molecule has 2 rings (SSSR count). The van der Waals surface area contributed by atoms with Gasteiger partial charge in [0.2, 0.25) is 0 Å². The van der Waals surface area contributed by atoms with Gasteiger partial charge in [0.05, 0.1) is 0 Å². The SMILES string of the molecule is CN=C(NCCCCNc1ccccn1)N(C)Cc1ccccc1. The molecule has 0 aliphatic heterocycles. The second kappa shape index (κ2) is 10.3. The van der Waals surface area contributed by atoms with Crippen LogP contribution in [0.4, 0.5) is 5.82 Å². The largest absolute Gasteiger partial charge is 0.370 e. The molecule has 0 amide bonds. The normalized spacial score (nSPS) is 11.2. The van der Waals surface area contributed by atoms with E-state index in [1.54, 1.807) is 6.20 Å². The van der Waals surface area contributed by atoms with E-state index >= 15 is 0 Å². The van der Waals surface area contributed by atoms with Gasteiger partial charge in [-0.25, -0.2) is 4.98 Å². The summed E-state index contributed by atoms with van der Waals surface area (Å²) in [6.07, 6.45) is 3.97. The Morgan fingerprint density at radius 3 is 2.50 bits per heavy atom. The highest BCUT2D eigenvalue weighted by atomic mass is 15.3. The first-order valence-corrected chi connectivity index (χ1v) is 8.40. The number of nitrogens with one attached hydrogen (secondary N) is 2. The van der Waals surface area contributed by atoms with Crippen LogP contribution in [0.1, 0.15) is 18.4 Å². The molecule has 2 aromatic rings. The number of guanidine groups is 1. The summed E-state index contributed by atoms with van der Waals surface area (Å²) in [7, 11) is 3.89. The van der Waals surface area contributed by atoms with Crippen LogP contribution in [0.2, 0.25) is 0 Å². The molecule has 5 heteroatoms. The minimum absolute atomic E-state index is 0.849. The predicted molar refractivity (Wildman–Crippen MR) is 101 cm³/mol. The zero-order valence-corrected chi connectivity index (χ0v) is 14.6. The van der Waals surface area contributed by atoms with Gasteiger partial charge in [0.25, 0.3) is 0 Å². The highest BCUT2D eigenvalue weighted by Gasteiger charge is 2.05. The van der Waals surface area contributed by atoms with Crippen molar-refractivity contribution in [3.05, 3.63) is 60.3 Å². The molecule has 1 aromatic heterocycles. The summed E-state index contributed by atoms with van der Waals surface area (Å²) in [6.45, 7) is 2.69. The Labute approximate surface area is 144 Å². The molecule has 0 aliphatic carbocycles. The number of pyridine rings is 1. The maximum atomic E-state index is 4.36. The van der Waals surface area contributed by atoms with Crippen LogP contribution in [-0.2, 0) is 6.54 Å². The van der Waals surface area contributed by atoms with E-state index in [1.807, 2.05) is 31.3 Å². The van der Waals surface area contributed by atoms with Crippen molar-refractivity contribution < 1.29 is 0 Å². The van der Waals surface area contributed by atoms with Crippen LogP contribution in [-0.4, -0.2) is 43.0 Å². The van der Waals surface area contributed by atoms with Crippen molar-refractivity contribution in [2.45, 2.75) is 19.4 Å². The van der Waals surface area contributed by atoms with Crippen LogP contribution < -0.4 is 10.6 Å². The van der Waals surface area contributed by atoms with Gasteiger partial charge in [-0.15, -0.1) is 0 Å². The quantitative estimate of drug-likeness (QED) is 0.445. The van der Waals surface area contributed by atoms with Crippen LogP contribution in [0.3, 0.4) is 0 Å². The van der Waals surface area contributed by atoms with E-state index in [2.05, 4.69) is 56.8 Å². The zero-order chi connectivity index (χ0) is 17.0.